The molecule has 0 bridgehead atoms. The number of rotatable bonds is 7. The summed E-state index contributed by atoms with van der Waals surface area (Å²) in [6.07, 6.45) is 1.47. The molecule has 0 aromatic heterocycles. The molecule has 3 N–H and O–H groups in total. The van der Waals surface area contributed by atoms with Crippen LogP contribution in [0, 0.1) is 15.3 Å². The second kappa shape index (κ2) is 9.04. The van der Waals surface area contributed by atoms with Crippen molar-refractivity contribution >= 4 is 67.4 Å². The average Bonchev–Trinajstić information content (AvgIpc) is 3.45. The fourth-order valence-corrected chi connectivity index (χ4v) is 3.76. The third-order valence-electron chi connectivity index (χ3n) is 4.14. The Bertz CT molecular complexity index is 867. The van der Waals surface area contributed by atoms with E-state index < -0.39 is 17.8 Å². The van der Waals surface area contributed by atoms with Crippen LogP contribution in [0.5, 0.6) is 0 Å². The van der Waals surface area contributed by atoms with Crippen molar-refractivity contribution in [2.75, 3.05) is 11.9 Å². The molecule has 3 rings (SSSR count). The topological polar surface area (TPSA) is 70.6 Å². The summed E-state index contributed by atoms with van der Waals surface area (Å²) in [5.74, 6) is -0.833. The summed E-state index contributed by atoms with van der Waals surface area (Å²) < 4.78 is 15.2. The molecule has 0 saturated heterocycles. The number of carbonyl (C=O) groups is 1. The first-order chi connectivity index (χ1) is 12.9. The van der Waals surface area contributed by atoms with Crippen LogP contribution >= 0.6 is 50.1 Å². The quantitative estimate of drug-likeness (QED) is 0.324. The number of hydrogen-bond acceptors (Lipinski definition) is 4. The van der Waals surface area contributed by atoms with E-state index in [0.29, 0.717) is 10.7 Å². The van der Waals surface area contributed by atoms with Crippen molar-refractivity contribution in [3.8, 4) is 0 Å². The van der Waals surface area contributed by atoms with E-state index in [0.717, 1.165) is 16.4 Å². The van der Waals surface area contributed by atoms with E-state index in [-0.39, 0.29) is 28.2 Å². The molecule has 0 radical (unpaired) electrons. The summed E-state index contributed by atoms with van der Waals surface area (Å²) in [4.78, 5) is 17.9. The molecule has 27 heavy (non-hydrogen) atoms. The van der Waals surface area contributed by atoms with Crippen LogP contribution < -0.4 is 10.8 Å². The molecule has 2 aromatic carbocycles. The molecule has 0 aliphatic heterocycles. The monoisotopic (exact) mass is 568 g/mol. The van der Waals surface area contributed by atoms with Gasteiger partial charge in [0.25, 0.3) is 5.91 Å². The van der Waals surface area contributed by atoms with Crippen LogP contribution in [0.1, 0.15) is 23.2 Å². The van der Waals surface area contributed by atoms with Gasteiger partial charge < -0.3 is 10.4 Å². The fraction of sp³-hybridized carbons (Fsp3) is 0.278. The number of aliphatic hydroxyl groups excluding tert-OH is 1. The Morgan fingerprint density at radius 2 is 2.11 bits per heavy atom. The first-order valence-electron chi connectivity index (χ1n) is 8.17. The first kappa shape index (κ1) is 20.8. The normalized spacial score (nSPS) is 14.7. The molecule has 1 atom stereocenters. The highest BCUT2D eigenvalue weighted by atomic mass is 127. The van der Waals surface area contributed by atoms with Crippen LogP contribution in [0.3, 0.4) is 0 Å². The van der Waals surface area contributed by atoms with Gasteiger partial charge in [0.2, 0.25) is 0 Å². The maximum absolute atomic E-state index is 14.1. The molecule has 144 valence electrons. The molecule has 0 heterocycles. The lowest BCUT2D eigenvalue weighted by Crippen LogP contribution is -2.33. The number of hydroxylamine groups is 1. The molecular formula is C18H16BrClFIN2O3. The number of anilines is 2. The molecule has 1 unspecified atom stereocenters. The zero-order chi connectivity index (χ0) is 19.6. The number of hydrogen-bond donors (Lipinski definition) is 3. The maximum Gasteiger partial charge on any atom is 0.277 e. The highest BCUT2D eigenvalue weighted by Gasteiger charge is 2.32. The zero-order valence-corrected chi connectivity index (χ0v) is 18.4. The lowest BCUT2D eigenvalue weighted by atomic mass is 10.1. The Morgan fingerprint density at radius 3 is 2.74 bits per heavy atom. The van der Waals surface area contributed by atoms with Crippen molar-refractivity contribution in [1.29, 1.82) is 0 Å². The number of nitrogens with one attached hydrogen (secondary N) is 2. The number of halogens is 4. The predicted molar refractivity (Wildman–Crippen MR) is 114 cm³/mol. The number of carbonyl (C=O) groups excluding carboxylic acids is 1. The Balaban J connectivity index is 1.82. The number of aliphatic hydroxyl groups is 1. The molecule has 1 saturated carbocycles. The highest BCUT2D eigenvalue weighted by Crippen LogP contribution is 2.34. The van der Waals surface area contributed by atoms with Crippen molar-refractivity contribution in [2.24, 2.45) is 5.92 Å². The van der Waals surface area contributed by atoms with Gasteiger partial charge >= 0.3 is 0 Å². The Kier molecular flexibility index (Phi) is 6.96. The Labute approximate surface area is 182 Å². The Hall–Kier alpha value is -0.940. The minimum absolute atomic E-state index is 0.146. The summed E-state index contributed by atoms with van der Waals surface area (Å²) in [5.41, 5.74) is 3.31. The standard InChI is InChI=1S/C18H16BrClFIN2O3/c19-12-6-11(18(26)24-27-17(8-25)9-1-2-9)16(7-14(12)21)23-15-4-3-10(22)5-13(15)20/h3-7,9,17,23,25H,1-2,8H2,(H,24,26). The van der Waals surface area contributed by atoms with Crippen LogP contribution in [-0.2, 0) is 4.84 Å². The van der Waals surface area contributed by atoms with Gasteiger partial charge in [-0.05, 0) is 87.6 Å². The molecule has 9 heteroatoms. The third kappa shape index (κ3) is 5.32. The third-order valence-corrected chi connectivity index (χ3v) is 5.73. The summed E-state index contributed by atoms with van der Waals surface area (Å²) in [6, 6.07) is 7.91. The van der Waals surface area contributed by atoms with Crippen molar-refractivity contribution in [1.82, 2.24) is 5.48 Å². The second-order valence-corrected chi connectivity index (χ2v) is 8.68. The summed E-state index contributed by atoms with van der Waals surface area (Å²) >= 11 is 11.4. The fourth-order valence-electron chi connectivity index (χ4n) is 2.51. The average molecular weight is 570 g/mol. The van der Waals surface area contributed by atoms with Crippen LogP contribution in [0.4, 0.5) is 15.8 Å². The van der Waals surface area contributed by atoms with E-state index in [4.69, 9.17) is 16.4 Å². The van der Waals surface area contributed by atoms with Crippen molar-refractivity contribution in [2.45, 2.75) is 18.9 Å². The molecule has 1 aliphatic rings. The summed E-state index contributed by atoms with van der Waals surface area (Å²) in [7, 11) is 0. The highest BCUT2D eigenvalue weighted by molar-refractivity contribution is 14.1. The Morgan fingerprint density at radius 1 is 1.37 bits per heavy atom. The van der Waals surface area contributed by atoms with E-state index in [1.54, 1.807) is 12.1 Å². The molecule has 1 fully saturated rings. The van der Waals surface area contributed by atoms with Gasteiger partial charge in [-0.25, -0.2) is 9.87 Å². The summed E-state index contributed by atoms with van der Waals surface area (Å²) in [6.45, 7) is -0.179. The van der Waals surface area contributed by atoms with Gasteiger partial charge in [-0.1, -0.05) is 11.6 Å². The largest absolute Gasteiger partial charge is 0.394 e. The van der Waals surface area contributed by atoms with Gasteiger partial charge in [-0.2, -0.15) is 0 Å². The molecular weight excluding hydrogens is 553 g/mol. The van der Waals surface area contributed by atoms with E-state index >= 15 is 0 Å². The lowest BCUT2D eigenvalue weighted by Gasteiger charge is -2.17. The van der Waals surface area contributed by atoms with Gasteiger partial charge in [-0.15, -0.1) is 0 Å². The minimum atomic E-state index is -0.557. The van der Waals surface area contributed by atoms with Crippen molar-refractivity contribution in [3.63, 3.8) is 0 Å². The second-order valence-electron chi connectivity index (χ2n) is 6.17. The molecule has 2 aromatic rings. The van der Waals surface area contributed by atoms with Crippen LogP contribution in [0.15, 0.2) is 34.8 Å². The van der Waals surface area contributed by atoms with Gasteiger partial charge in [0.1, 0.15) is 11.9 Å². The maximum atomic E-state index is 14.1. The van der Waals surface area contributed by atoms with Gasteiger partial charge in [0.05, 0.1) is 33.0 Å². The number of benzene rings is 2. The van der Waals surface area contributed by atoms with E-state index in [1.807, 2.05) is 6.07 Å². The zero-order valence-electron chi connectivity index (χ0n) is 13.9. The molecule has 0 spiro atoms. The van der Waals surface area contributed by atoms with Crippen LogP contribution in [0.25, 0.3) is 0 Å². The van der Waals surface area contributed by atoms with Crippen LogP contribution in [0.2, 0.25) is 5.02 Å². The van der Waals surface area contributed by atoms with Gasteiger partial charge in [0, 0.05) is 3.57 Å². The van der Waals surface area contributed by atoms with Crippen molar-refractivity contribution < 1.29 is 19.1 Å². The lowest BCUT2D eigenvalue weighted by molar-refractivity contribution is -0.0496. The van der Waals surface area contributed by atoms with Crippen molar-refractivity contribution in [3.05, 3.63) is 54.8 Å². The smallest absolute Gasteiger partial charge is 0.277 e. The summed E-state index contributed by atoms with van der Waals surface area (Å²) in [5, 5.41) is 12.8. The van der Waals surface area contributed by atoms with Gasteiger partial charge in [0.15, 0.2) is 0 Å². The number of amides is 1. The van der Waals surface area contributed by atoms with E-state index in [9.17, 15) is 14.3 Å². The SMILES string of the molecule is O=C(NOC(CO)C1CC1)c1cc(Br)c(F)cc1Nc1ccc(I)cc1Cl. The first-order valence-corrected chi connectivity index (χ1v) is 10.4. The predicted octanol–water partition coefficient (Wildman–Crippen LogP) is 5.02. The van der Waals surface area contributed by atoms with E-state index in [1.165, 1.54) is 12.1 Å². The molecule has 5 nitrogen and oxygen atoms in total. The molecule has 1 amide bonds. The van der Waals surface area contributed by atoms with Gasteiger partial charge in [-0.3, -0.25) is 9.63 Å². The van der Waals surface area contributed by atoms with E-state index in [2.05, 4.69) is 49.3 Å². The van der Waals surface area contributed by atoms with Crippen LogP contribution in [-0.4, -0.2) is 23.7 Å². The molecule has 1 aliphatic carbocycles. The minimum Gasteiger partial charge on any atom is -0.394 e.